The first-order valence-electron chi connectivity index (χ1n) is 13.2. The van der Waals surface area contributed by atoms with Crippen molar-refractivity contribution < 1.29 is 9.47 Å². The molecule has 0 aliphatic carbocycles. The van der Waals surface area contributed by atoms with E-state index in [4.69, 9.17) is 9.47 Å². The van der Waals surface area contributed by atoms with E-state index >= 15 is 0 Å². The van der Waals surface area contributed by atoms with Crippen LogP contribution in [-0.4, -0.2) is 53.8 Å². The van der Waals surface area contributed by atoms with Gasteiger partial charge in [-0.15, -0.1) is 0 Å². The standard InChI is InChI=1S/C24H54O2S2Si2/c1-7-13-17-29(18-14-8-2)23(25-11-5)21-27-28-22-24(26-12-6)30(19-15-9-3)20-16-10-4/h23-24,29-30H,7-22H2,1-6H3. The molecular formula is C24H54O2S2Si2. The minimum Gasteiger partial charge on any atom is -0.381 e. The molecule has 30 heavy (non-hydrogen) atoms. The van der Waals surface area contributed by atoms with E-state index in [2.05, 4.69) is 63.1 Å². The zero-order chi connectivity index (χ0) is 22.5. The normalized spacial score (nSPS) is 14.0. The minimum atomic E-state index is -0.812. The lowest BCUT2D eigenvalue weighted by Crippen LogP contribution is -2.36. The topological polar surface area (TPSA) is 18.5 Å². The summed E-state index contributed by atoms with van der Waals surface area (Å²) < 4.78 is 12.6. The highest BCUT2D eigenvalue weighted by Crippen LogP contribution is 2.29. The van der Waals surface area contributed by atoms with E-state index < -0.39 is 17.6 Å². The van der Waals surface area contributed by atoms with E-state index in [1.54, 1.807) is 0 Å². The first-order valence-corrected chi connectivity index (χ1v) is 20.2. The van der Waals surface area contributed by atoms with Gasteiger partial charge in [0.05, 0.1) is 29.0 Å². The van der Waals surface area contributed by atoms with Crippen LogP contribution in [0.2, 0.25) is 24.2 Å². The van der Waals surface area contributed by atoms with Crippen molar-refractivity contribution in [3.8, 4) is 0 Å². The van der Waals surface area contributed by atoms with E-state index in [0.717, 1.165) is 13.2 Å². The molecule has 182 valence electrons. The Balaban J connectivity index is 4.70. The lowest BCUT2D eigenvalue weighted by Gasteiger charge is -2.27. The predicted molar refractivity (Wildman–Crippen MR) is 149 cm³/mol. The lowest BCUT2D eigenvalue weighted by molar-refractivity contribution is 0.128. The molecule has 0 saturated heterocycles. The van der Waals surface area contributed by atoms with E-state index in [9.17, 15) is 0 Å². The van der Waals surface area contributed by atoms with E-state index in [1.165, 1.54) is 87.0 Å². The van der Waals surface area contributed by atoms with Crippen LogP contribution in [0.1, 0.15) is 92.9 Å². The molecule has 6 heteroatoms. The van der Waals surface area contributed by atoms with E-state index in [1.807, 2.05) is 0 Å². The zero-order valence-corrected chi connectivity index (χ0v) is 25.2. The summed E-state index contributed by atoms with van der Waals surface area (Å²) in [5, 5.41) is 0. The van der Waals surface area contributed by atoms with Gasteiger partial charge in [0.2, 0.25) is 0 Å². The summed E-state index contributed by atoms with van der Waals surface area (Å²) in [4.78, 5) is 0. The summed E-state index contributed by atoms with van der Waals surface area (Å²) in [7, 11) is 2.54. The Morgan fingerprint density at radius 2 is 0.833 bits per heavy atom. The molecule has 0 aliphatic heterocycles. The molecule has 0 aromatic rings. The Labute approximate surface area is 201 Å². The van der Waals surface area contributed by atoms with Crippen molar-refractivity contribution in [3.05, 3.63) is 0 Å². The van der Waals surface area contributed by atoms with Crippen LogP contribution in [0.4, 0.5) is 0 Å². The number of unbranched alkanes of at least 4 members (excludes halogenated alkanes) is 4. The predicted octanol–water partition coefficient (Wildman–Crippen LogP) is 7.91. The summed E-state index contributed by atoms with van der Waals surface area (Å²) in [6.07, 6.45) is 10.9. The second kappa shape index (κ2) is 23.2. The van der Waals surface area contributed by atoms with Crippen LogP contribution >= 0.6 is 21.6 Å². The van der Waals surface area contributed by atoms with Crippen LogP contribution in [-0.2, 0) is 9.47 Å². The van der Waals surface area contributed by atoms with Crippen LogP contribution in [0.5, 0.6) is 0 Å². The Bertz CT molecular complexity index is 303. The van der Waals surface area contributed by atoms with Crippen LogP contribution < -0.4 is 0 Å². The van der Waals surface area contributed by atoms with Gasteiger partial charge in [-0.3, -0.25) is 0 Å². The van der Waals surface area contributed by atoms with Crippen molar-refractivity contribution >= 4 is 39.2 Å². The van der Waals surface area contributed by atoms with Gasteiger partial charge in [-0.25, -0.2) is 0 Å². The van der Waals surface area contributed by atoms with E-state index in [-0.39, 0.29) is 0 Å². The van der Waals surface area contributed by atoms with Crippen LogP contribution in [0.15, 0.2) is 0 Å². The Morgan fingerprint density at radius 1 is 0.533 bits per heavy atom. The maximum absolute atomic E-state index is 6.31. The summed E-state index contributed by atoms with van der Waals surface area (Å²) in [6.45, 7) is 15.4. The maximum Gasteiger partial charge on any atom is 0.0728 e. The van der Waals surface area contributed by atoms with Gasteiger partial charge in [0.25, 0.3) is 0 Å². The Kier molecular flexibility index (Phi) is 24.0. The molecule has 0 aliphatic rings. The molecule has 0 fully saturated rings. The fourth-order valence-electron chi connectivity index (χ4n) is 4.20. The SMILES string of the molecule is CCCC[SiH](CCCC)C(CSSCC(OCC)[SiH](CCCC)CCCC)OCC. The van der Waals surface area contributed by atoms with Gasteiger partial charge < -0.3 is 9.47 Å². The van der Waals surface area contributed by atoms with Gasteiger partial charge in [-0.2, -0.15) is 0 Å². The van der Waals surface area contributed by atoms with Gasteiger partial charge in [0.1, 0.15) is 0 Å². The molecular weight excluding hydrogens is 441 g/mol. The summed E-state index contributed by atoms with van der Waals surface area (Å²) in [5.41, 5.74) is 1.12. The number of ether oxygens (including phenoxy) is 2. The third kappa shape index (κ3) is 15.8. The van der Waals surface area contributed by atoms with Crippen molar-refractivity contribution in [3.63, 3.8) is 0 Å². The summed E-state index contributed by atoms with van der Waals surface area (Å²) >= 11 is 0. The average Bonchev–Trinajstić information content (AvgIpc) is 2.75. The fourth-order valence-corrected chi connectivity index (χ4v) is 16.5. The monoisotopic (exact) mass is 494 g/mol. The average molecular weight is 495 g/mol. The van der Waals surface area contributed by atoms with Gasteiger partial charge in [-0.1, -0.05) is 125 Å². The van der Waals surface area contributed by atoms with Crippen molar-refractivity contribution in [1.82, 2.24) is 0 Å². The second-order valence-electron chi connectivity index (χ2n) is 8.65. The molecule has 2 atom stereocenters. The van der Waals surface area contributed by atoms with Gasteiger partial charge in [0.15, 0.2) is 0 Å². The van der Waals surface area contributed by atoms with Crippen LogP contribution in [0.25, 0.3) is 0 Å². The molecule has 0 spiro atoms. The van der Waals surface area contributed by atoms with Crippen molar-refractivity contribution in [2.75, 3.05) is 24.7 Å². The minimum absolute atomic E-state index is 0.560. The quantitative estimate of drug-likeness (QED) is 0.0815. The zero-order valence-electron chi connectivity index (χ0n) is 21.3. The van der Waals surface area contributed by atoms with Gasteiger partial charge in [0, 0.05) is 24.7 Å². The molecule has 0 aromatic carbocycles. The molecule has 0 heterocycles. The highest BCUT2D eigenvalue weighted by molar-refractivity contribution is 8.76. The first kappa shape index (κ1) is 31.1. The molecule has 2 nitrogen and oxygen atoms in total. The third-order valence-electron chi connectivity index (χ3n) is 6.07. The van der Waals surface area contributed by atoms with Crippen molar-refractivity contribution in [2.24, 2.45) is 0 Å². The lowest BCUT2D eigenvalue weighted by atomic mass is 10.4. The molecule has 0 aromatic heterocycles. The smallest absolute Gasteiger partial charge is 0.0728 e. The molecule has 0 amide bonds. The van der Waals surface area contributed by atoms with Crippen molar-refractivity contribution in [1.29, 1.82) is 0 Å². The van der Waals surface area contributed by atoms with E-state index in [0.29, 0.717) is 11.5 Å². The first-order chi connectivity index (χ1) is 14.7. The molecule has 0 saturated carbocycles. The molecule has 0 rings (SSSR count). The van der Waals surface area contributed by atoms with Gasteiger partial charge >= 0.3 is 0 Å². The Hall–Kier alpha value is 1.05. The fraction of sp³-hybridized carbons (Fsp3) is 1.00. The third-order valence-corrected chi connectivity index (χ3v) is 16.7. The number of hydrogen-bond acceptors (Lipinski definition) is 4. The second-order valence-corrected chi connectivity index (χ2v) is 18.0. The summed E-state index contributed by atoms with van der Waals surface area (Å²) in [5.74, 6) is 2.38. The highest BCUT2D eigenvalue weighted by Gasteiger charge is 2.25. The summed E-state index contributed by atoms with van der Waals surface area (Å²) in [6, 6.07) is 5.88. The molecule has 0 radical (unpaired) electrons. The van der Waals surface area contributed by atoms with Crippen LogP contribution in [0, 0.1) is 0 Å². The van der Waals surface area contributed by atoms with Crippen LogP contribution in [0.3, 0.4) is 0 Å². The molecule has 0 bridgehead atoms. The molecule has 2 unspecified atom stereocenters. The Morgan fingerprint density at radius 3 is 1.07 bits per heavy atom. The maximum atomic E-state index is 6.31. The highest BCUT2D eigenvalue weighted by atomic mass is 33.1. The largest absolute Gasteiger partial charge is 0.381 e. The number of rotatable bonds is 23. The molecule has 0 N–H and O–H groups in total. The van der Waals surface area contributed by atoms with Gasteiger partial charge in [-0.05, 0) is 13.8 Å². The van der Waals surface area contributed by atoms with Crippen molar-refractivity contribution in [2.45, 2.75) is 129 Å². The number of hydrogen-bond donors (Lipinski definition) is 0.